The first-order valence-corrected chi connectivity index (χ1v) is 6.68. The van der Waals surface area contributed by atoms with Crippen LogP contribution in [0.25, 0.3) is 0 Å². The Labute approximate surface area is 116 Å². The first-order valence-electron chi connectivity index (χ1n) is 6.68. The average Bonchev–Trinajstić information content (AvgIpc) is 2.96. The molecule has 20 heavy (non-hydrogen) atoms. The minimum absolute atomic E-state index is 0.180. The van der Waals surface area contributed by atoms with Gasteiger partial charge in [0.05, 0.1) is 18.0 Å². The van der Waals surface area contributed by atoms with Crippen LogP contribution in [0.1, 0.15) is 19.3 Å². The van der Waals surface area contributed by atoms with E-state index in [4.69, 9.17) is 5.11 Å². The average molecular weight is 278 g/mol. The molecule has 0 unspecified atom stereocenters. The molecule has 1 aromatic rings. The fraction of sp³-hybridized carbons (Fsp3) is 0.538. The first kappa shape index (κ1) is 14.2. The lowest BCUT2D eigenvalue weighted by Crippen LogP contribution is -2.39. The Hall–Kier alpha value is -2.18. The molecule has 108 valence electrons. The number of carbonyl (C=O) groups excluding carboxylic acids is 1. The van der Waals surface area contributed by atoms with E-state index in [0.717, 1.165) is 6.42 Å². The summed E-state index contributed by atoms with van der Waals surface area (Å²) in [6.07, 6.45) is 8.71. The number of amides is 1. The second kappa shape index (κ2) is 6.83. The fourth-order valence-electron chi connectivity index (χ4n) is 2.31. The van der Waals surface area contributed by atoms with E-state index in [0.29, 0.717) is 25.9 Å². The highest BCUT2D eigenvalue weighted by atomic mass is 16.4. The van der Waals surface area contributed by atoms with Crippen LogP contribution in [0.5, 0.6) is 0 Å². The molecule has 0 aliphatic heterocycles. The summed E-state index contributed by atoms with van der Waals surface area (Å²) < 4.78 is 1.69. The molecule has 1 aliphatic rings. The van der Waals surface area contributed by atoms with Gasteiger partial charge in [-0.15, -0.1) is 5.10 Å². The van der Waals surface area contributed by atoms with Gasteiger partial charge in [-0.2, -0.15) is 0 Å². The number of aromatic nitrogens is 3. The van der Waals surface area contributed by atoms with Gasteiger partial charge >= 0.3 is 5.97 Å². The van der Waals surface area contributed by atoms with Crippen molar-refractivity contribution in [3.63, 3.8) is 0 Å². The molecule has 2 rings (SSSR count). The highest BCUT2D eigenvalue weighted by Gasteiger charge is 2.33. The molecule has 0 saturated heterocycles. The van der Waals surface area contributed by atoms with Crippen molar-refractivity contribution in [2.24, 2.45) is 11.8 Å². The summed E-state index contributed by atoms with van der Waals surface area (Å²) in [6.45, 7) is 1.18. The lowest BCUT2D eigenvalue weighted by atomic mass is 9.82. The predicted molar refractivity (Wildman–Crippen MR) is 70.6 cm³/mol. The molecule has 2 N–H and O–H groups in total. The van der Waals surface area contributed by atoms with Crippen LogP contribution in [0.2, 0.25) is 0 Å². The number of nitrogens with one attached hydrogen (secondary N) is 1. The monoisotopic (exact) mass is 278 g/mol. The van der Waals surface area contributed by atoms with E-state index in [1.165, 1.54) is 0 Å². The van der Waals surface area contributed by atoms with E-state index in [-0.39, 0.29) is 5.91 Å². The van der Waals surface area contributed by atoms with Crippen molar-refractivity contribution in [3.8, 4) is 0 Å². The van der Waals surface area contributed by atoms with Crippen molar-refractivity contribution in [2.45, 2.75) is 25.8 Å². The Morgan fingerprint density at radius 3 is 2.70 bits per heavy atom. The summed E-state index contributed by atoms with van der Waals surface area (Å²) in [5, 5.41) is 19.4. The molecule has 7 heteroatoms. The van der Waals surface area contributed by atoms with E-state index in [1.807, 2.05) is 12.2 Å². The van der Waals surface area contributed by atoms with Gasteiger partial charge in [-0.05, 0) is 19.3 Å². The van der Waals surface area contributed by atoms with Gasteiger partial charge in [0.2, 0.25) is 5.91 Å². The van der Waals surface area contributed by atoms with Crippen LogP contribution in [-0.2, 0) is 16.1 Å². The number of nitrogens with zero attached hydrogens (tertiary/aromatic N) is 3. The van der Waals surface area contributed by atoms with Gasteiger partial charge in [0.1, 0.15) is 0 Å². The third kappa shape index (κ3) is 3.66. The number of carboxylic acids is 1. The van der Waals surface area contributed by atoms with Crippen molar-refractivity contribution in [1.82, 2.24) is 20.3 Å². The van der Waals surface area contributed by atoms with Crippen LogP contribution >= 0.6 is 0 Å². The summed E-state index contributed by atoms with van der Waals surface area (Å²) >= 11 is 0. The summed E-state index contributed by atoms with van der Waals surface area (Å²) in [7, 11) is 0. The minimum Gasteiger partial charge on any atom is -0.481 e. The van der Waals surface area contributed by atoms with Crippen molar-refractivity contribution < 1.29 is 14.7 Å². The Kier molecular flexibility index (Phi) is 4.86. The number of hydrogen-bond acceptors (Lipinski definition) is 4. The van der Waals surface area contributed by atoms with E-state index in [9.17, 15) is 9.59 Å². The first-order chi connectivity index (χ1) is 9.68. The molecule has 1 amide bonds. The van der Waals surface area contributed by atoms with Crippen molar-refractivity contribution in [1.29, 1.82) is 0 Å². The van der Waals surface area contributed by atoms with Crippen molar-refractivity contribution in [3.05, 3.63) is 24.5 Å². The number of allylic oxidation sites excluding steroid dienone is 2. The van der Waals surface area contributed by atoms with Crippen molar-refractivity contribution >= 4 is 11.9 Å². The molecule has 0 bridgehead atoms. The van der Waals surface area contributed by atoms with Gasteiger partial charge in [0.15, 0.2) is 0 Å². The molecule has 1 aliphatic carbocycles. The standard InChI is InChI=1S/C13H18N4O3/c18-12(10-4-1-2-5-11(10)13(19)20)14-6-3-8-17-9-7-15-16-17/h1-2,7,9-11H,3-6,8H2,(H,14,18)(H,19,20)/t10-,11+/m1/s1. The molecule has 2 atom stereocenters. The van der Waals surface area contributed by atoms with Crippen LogP contribution in [-0.4, -0.2) is 38.5 Å². The lowest BCUT2D eigenvalue weighted by Gasteiger charge is -2.24. The van der Waals surface area contributed by atoms with Crippen LogP contribution in [0, 0.1) is 11.8 Å². The maximum Gasteiger partial charge on any atom is 0.307 e. The van der Waals surface area contributed by atoms with Crippen LogP contribution < -0.4 is 5.32 Å². The number of carbonyl (C=O) groups is 2. The van der Waals surface area contributed by atoms with E-state index < -0.39 is 17.8 Å². The SMILES string of the molecule is O=C(O)[C@H]1CC=CC[C@H]1C(=O)NCCCn1ccnn1. The minimum atomic E-state index is -0.905. The maximum absolute atomic E-state index is 12.0. The van der Waals surface area contributed by atoms with Crippen molar-refractivity contribution in [2.75, 3.05) is 6.54 Å². The summed E-state index contributed by atoms with van der Waals surface area (Å²) in [6, 6.07) is 0. The molecule has 0 aromatic carbocycles. The van der Waals surface area contributed by atoms with Gasteiger partial charge in [-0.1, -0.05) is 17.4 Å². The number of aryl methyl sites for hydroxylation is 1. The lowest BCUT2D eigenvalue weighted by molar-refractivity contribution is -0.147. The van der Waals surface area contributed by atoms with E-state index >= 15 is 0 Å². The number of carboxylic acid groups (broad SMARTS) is 1. The highest BCUT2D eigenvalue weighted by molar-refractivity contribution is 5.85. The summed E-state index contributed by atoms with van der Waals surface area (Å²) in [4.78, 5) is 23.2. The summed E-state index contributed by atoms with van der Waals surface area (Å²) in [5.74, 6) is -2.17. The highest BCUT2D eigenvalue weighted by Crippen LogP contribution is 2.25. The number of aliphatic carboxylic acids is 1. The predicted octanol–water partition coefficient (Wildman–Crippen LogP) is 0.451. The zero-order valence-electron chi connectivity index (χ0n) is 11.1. The van der Waals surface area contributed by atoms with E-state index in [1.54, 1.807) is 17.1 Å². The van der Waals surface area contributed by atoms with Gasteiger partial charge in [-0.3, -0.25) is 14.3 Å². The molecule has 0 spiro atoms. The molecule has 1 heterocycles. The molecule has 7 nitrogen and oxygen atoms in total. The van der Waals surface area contributed by atoms with Gasteiger partial charge in [0, 0.05) is 19.3 Å². The zero-order chi connectivity index (χ0) is 14.4. The second-order valence-electron chi connectivity index (χ2n) is 4.80. The Morgan fingerprint density at radius 1 is 1.30 bits per heavy atom. The normalized spacial score (nSPS) is 21.6. The molecule has 0 fully saturated rings. The third-order valence-corrected chi connectivity index (χ3v) is 3.42. The van der Waals surface area contributed by atoms with Crippen LogP contribution in [0.15, 0.2) is 24.5 Å². The topological polar surface area (TPSA) is 97.1 Å². The molecule has 1 aromatic heterocycles. The van der Waals surface area contributed by atoms with Gasteiger partial charge in [-0.25, -0.2) is 0 Å². The molecule has 0 saturated carbocycles. The van der Waals surface area contributed by atoms with E-state index in [2.05, 4.69) is 15.6 Å². The maximum atomic E-state index is 12.0. The van der Waals surface area contributed by atoms with Crippen LogP contribution in [0.4, 0.5) is 0 Å². The van der Waals surface area contributed by atoms with Gasteiger partial charge < -0.3 is 10.4 Å². The number of hydrogen-bond donors (Lipinski definition) is 2. The Morgan fingerprint density at radius 2 is 2.05 bits per heavy atom. The second-order valence-corrected chi connectivity index (χ2v) is 4.80. The smallest absolute Gasteiger partial charge is 0.307 e. The summed E-state index contributed by atoms with van der Waals surface area (Å²) in [5.41, 5.74) is 0. The van der Waals surface area contributed by atoms with Crippen LogP contribution in [0.3, 0.4) is 0 Å². The third-order valence-electron chi connectivity index (χ3n) is 3.42. The number of rotatable bonds is 6. The van der Waals surface area contributed by atoms with Gasteiger partial charge in [0.25, 0.3) is 0 Å². The fourth-order valence-corrected chi connectivity index (χ4v) is 2.31. The Bertz CT molecular complexity index is 484. The zero-order valence-corrected chi connectivity index (χ0v) is 11.1. The quantitative estimate of drug-likeness (QED) is 0.581. The molecular weight excluding hydrogens is 260 g/mol. The Balaban J connectivity index is 1.76. The molecule has 0 radical (unpaired) electrons. The molecular formula is C13H18N4O3. The largest absolute Gasteiger partial charge is 0.481 e.